The lowest BCUT2D eigenvalue weighted by atomic mass is 9.97. The van der Waals surface area contributed by atoms with E-state index in [1.165, 1.54) is 92.2 Å². The fraction of sp³-hybridized carbons (Fsp3) is 0. The molecule has 0 amide bonds. The van der Waals surface area contributed by atoms with E-state index in [1.807, 2.05) is 11.3 Å². The maximum absolute atomic E-state index is 2.43. The zero-order chi connectivity index (χ0) is 41.7. The smallest absolute Gasteiger partial charge is 0.0541 e. The first-order valence-corrected chi connectivity index (χ1v) is 22.3. The van der Waals surface area contributed by atoms with E-state index in [9.17, 15) is 0 Å². The predicted molar refractivity (Wildman–Crippen MR) is 270 cm³/mol. The van der Waals surface area contributed by atoms with Crippen LogP contribution in [0.4, 0.5) is 17.1 Å². The Morgan fingerprint density at radius 2 is 0.714 bits per heavy atom. The van der Waals surface area contributed by atoms with Crippen LogP contribution in [0.2, 0.25) is 0 Å². The first-order chi connectivity index (χ1) is 31.2. The summed E-state index contributed by atoms with van der Waals surface area (Å²) in [4.78, 5) is 2.34. The highest BCUT2D eigenvalue weighted by Gasteiger charge is 2.17. The summed E-state index contributed by atoms with van der Waals surface area (Å²) in [6.07, 6.45) is 0. The van der Waals surface area contributed by atoms with Crippen molar-refractivity contribution in [3.05, 3.63) is 243 Å². The van der Waals surface area contributed by atoms with Gasteiger partial charge < -0.3 is 9.47 Å². The quantitative estimate of drug-likeness (QED) is 0.148. The molecule has 0 spiro atoms. The van der Waals surface area contributed by atoms with Gasteiger partial charge in [0.15, 0.2) is 0 Å². The number of fused-ring (bicyclic) bond motifs is 6. The number of anilines is 3. The summed E-state index contributed by atoms with van der Waals surface area (Å²) in [7, 11) is 0. The van der Waals surface area contributed by atoms with E-state index in [2.05, 4.69) is 252 Å². The lowest BCUT2D eigenvalue weighted by Gasteiger charge is -2.26. The fourth-order valence-electron chi connectivity index (χ4n) is 9.28. The normalized spacial score (nSPS) is 11.5. The van der Waals surface area contributed by atoms with E-state index in [-0.39, 0.29) is 0 Å². The van der Waals surface area contributed by atoms with E-state index in [1.54, 1.807) is 0 Å². The summed E-state index contributed by atoms with van der Waals surface area (Å²) in [5, 5.41) is 5.13. The monoisotopic (exact) mass is 820 g/mol. The Bertz CT molecular complexity index is 3500. The molecule has 296 valence electrons. The van der Waals surface area contributed by atoms with Gasteiger partial charge in [0.05, 0.1) is 11.0 Å². The van der Waals surface area contributed by atoms with Crippen LogP contribution in [-0.2, 0) is 0 Å². The van der Waals surface area contributed by atoms with Crippen molar-refractivity contribution < 1.29 is 0 Å². The Kier molecular flexibility index (Phi) is 9.06. The van der Waals surface area contributed by atoms with Crippen molar-refractivity contribution in [2.24, 2.45) is 0 Å². The lowest BCUT2D eigenvalue weighted by molar-refractivity contribution is 1.19. The van der Waals surface area contributed by atoms with Gasteiger partial charge in [0.1, 0.15) is 0 Å². The molecule has 12 aromatic rings. The van der Waals surface area contributed by atoms with Crippen molar-refractivity contribution in [1.82, 2.24) is 4.57 Å². The molecule has 10 aromatic carbocycles. The predicted octanol–water partition coefficient (Wildman–Crippen LogP) is 17.3. The average Bonchev–Trinajstić information content (AvgIpc) is 3.90. The van der Waals surface area contributed by atoms with E-state index in [4.69, 9.17) is 0 Å². The van der Waals surface area contributed by atoms with Gasteiger partial charge in [-0.1, -0.05) is 158 Å². The summed E-state index contributed by atoms with van der Waals surface area (Å²) in [6.45, 7) is 0. The van der Waals surface area contributed by atoms with Crippen LogP contribution in [-0.4, -0.2) is 4.57 Å². The topological polar surface area (TPSA) is 8.17 Å². The van der Waals surface area contributed by atoms with E-state index < -0.39 is 0 Å². The highest BCUT2D eigenvalue weighted by Crippen LogP contribution is 2.41. The zero-order valence-corrected chi connectivity index (χ0v) is 35.2. The van der Waals surface area contributed by atoms with Gasteiger partial charge >= 0.3 is 0 Å². The van der Waals surface area contributed by atoms with Crippen LogP contribution in [0.3, 0.4) is 0 Å². The number of thiophene rings is 1. The van der Waals surface area contributed by atoms with Gasteiger partial charge in [0, 0.05) is 53.7 Å². The Morgan fingerprint density at radius 1 is 0.270 bits per heavy atom. The molecule has 0 unspecified atom stereocenters. The summed E-state index contributed by atoms with van der Waals surface area (Å²) >= 11 is 1.86. The molecular formula is C60H40N2S. The molecule has 0 saturated heterocycles. The molecular weight excluding hydrogens is 781 g/mol. The third-order valence-electron chi connectivity index (χ3n) is 12.4. The number of aromatic nitrogens is 1. The van der Waals surface area contributed by atoms with Crippen molar-refractivity contribution in [3.63, 3.8) is 0 Å². The number of nitrogens with zero attached hydrogens (tertiary/aromatic N) is 2. The first-order valence-electron chi connectivity index (χ1n) is 21.5. The Hall–Kier alpha value is -7.98. The minimum Gasteiger partial charge on any atom is -0.311 e. The maximum Gasteiger partial charge on any atom is 0.0541 e. The number of rotatable bonds is 8. The molecule has 0 radical (unpaired) electrons. The highest BCUT2D eigenvalue weighted by atomic mass is 32.1. The van der Waals surface area contributed by atoms with Crippen LogP contribution < -0.4 is 4.90 Å². The molecule has 3 heteroatoms. The molecule has 2 aromatic heterocycles. The molecule has 63 heavy (non-hydrogen) atoms. The second kappa shape index (κ2) is 15.5. The molecule has 0 bridgehead atoms. The van der Waals surface area contributed by atoms with Crippen molar-refractivity contribution in [1.29, 1.82) is 0 Å². The van der Waals surface area contributed by atoms with Crippen LogP contribution in [0.25, 0.3) is 92.2 Å². The minimum atomic E-state index is 1.10. The standard InChI is InChI=1S/C60H40N2S/c1-3-12-41(13-4-1)43-22-29-49(30-23-43)61(50-31-24-44(25-32-50)42-14-5-2-6-15-42)51-33-26-45(27-34-51)46-16-11-17-47(38-46)48-28-36-58-55(39-48)53-18-7-9-20-57(53)62(58)52-35-37-60-56(40-52)54-19-8-10-21-59(54)63-60/h1-40H. The van der Waals surface area contributed by atoms with Gasteiger partial charge in [-0.05, 0) is 129 Å². The molecule has 0 atom stereocenters. The number of hydrogen-bond acceptors (Lipinski definition) is 2. The van der Waals surface area contributed by atoms with E-state index in [0.717, 1.165) is 17.1 Å². The Morgan fingerprint density at radius 3 is 1.35 bits per heavy atom. The van der Waals surface area contributed by atoms with Crippen molar-refractivity contribution in [2.75, 3.05) is 4.90 Å². The molecule has 0 aliphatic heterocycles. The third-order valence-corrected chi connectivity index (χ3v) is 13.6. The van der Waals surface area contributed by atoms with E-state index in [0.29, 0.717) is 0 Å². The summed E-state index contributed by atoms with van der Waals surface area (Å²) in [5.41, 5.74) is 16.5. The van der Waals surface area contributed by atoms with Gasteiger partial charge in [0.2, 0.25) is 0 Å². The van der Waals surface area contributed by atoms with Crippen LogP contribution in [0.15, 0.2) is 243 Å². The average molecular weight is 821 g/mol. The van der Waals surface area contributed by atoms with E-state index >= 15 is 0 Å². The highest BCUT2D eigenvalue weighted by molar-refractivity contribution is 7.25. The minimum absolute atomic E-state index is 1.10. The molecule has 0 fully saturated rings. The zero-order valence-electron chi connectivity index (χ0n) is 34.4. The van der Waals surface area contributed by atoms with Crippen molar-refractivity contribution >= 4 is 70.4 Å². The molecule has 12 rings (SSSR count). The molecule has 0 aliphatic carbocycles. The van der Waals surface area contributed by atoms with Crippen molar-refractivity contribution in [2.45, 2.75) is 0 Å². The fourth-order valence-corrected chi connectivity index (χ4v) is 10.4. The second-order valence-corrected chi connectivity index (χ2v) is 17.2. The maximum atomic E-state index is 2.43. The summed E-state index contributed by atoms with van der Waals surface area (Å²) in [5.74, 6) is 0. The number of hydrogen-bond donors (Lipinski definition) is 0. The van der Waals surface area contributed by atoms with Gasteiger partial charge in [0.25, 0.3) is 0 Å². The van der Waals surface area contributed by atoms with Gasteiger partial charge in [-0.2, -0.15) is 0 Å². The van der Waals surface area contributed by atoms with Gasteiger partial charge in [-0.15, -0.1) is 11.3 Å². The largest absolute Gasteiger partial charge is 0.311 e. The number of para-hydroxylation sites is 1. The number of benzene rings is 10. The van der Waals surface area contributed by atoms with Crippen molar-refractivity contribution in [3.8, 4) is 50.2 Å². The summed E-state index contributed by atoms with van der Waals surface area (Å²) < 4.78 is 5.07. The third kappa shape index (κ3) is 6.67. The summed E-state index contributed by atoms with van der Waals surface area (Å²) in [6, 6.07) is 88.3. The van der Waals surface area contributed by atoms with Crippen LogP contribution in [0, 0.1) is 0 Å². The molecule has 2 nitrogen and oxygen atoms in total. The lowest BCUT2D eigenvalue weighted by Crippen LogP contribution is -2.09. The molecule has 0 aliphatic rings. The van der Waals surface area contributed by atoms with Crippen LogP contribution in [0.5, 0.6) is 0 Å². The second-order valence-electron chi connectivity index (χ2n) is 16.2. The van der Waals surface area contributed by atoms with Crippen LogP contribution in [0.1, 0.15) is 0 Å². The molecule has 2 heterocycles. The molecule has 0 saturated carbocycles. The Balaban J connectivity index is 0.888. The van der Waals surface area contributed by atoms with Gasteiger partial charge in [-0.25, -0.2) is 0 Å². The first kappa shape index (κ1) is 36.8. The Labute approximate surface area is 370 Å². The molecule has 0 N–H and O–H groups in total. The van der Waals surface area contributed by atoms with Gasteiger partial charge in [-0.3, -0.25) is 0 Å². The SMILES string of the molecule is c1ccc(-c2ccc(N(c3ccc(-c4ccccc4)cc3)c3ccc(-c4cccc(-c5ccc6c(c5)c5ccccc5n6-c5ccc6sc7ccccc7c6c5)c4)cc3)cc2)cc1. The van der Waals surface area contributed by atoms with Crippen LogP contribution >= 0.6 is 11.3 Å².